The minimum Gasteiger partial charge on any atom is -0.508 e. The van der Waals surface area contributed by atoms with E-state index in [1.54, 1.807) is 38.5 Å². The summed E-state index contributed by atoms with van der Waals surface area (Å²) in [7, 11) is 3.25. The van der Waals surface area contributed by atoms with Crippen LogP contribution in [0.2, 0.25) is 0 Å². The first-order valence-electron chi connectivity index (χ1n) is 5.36. The molecular weight excluding hydrogens is 212 g/mol. The summed E-state index contributed by atoms with van der Waals surface area (Å²) in [4.78, 5) is 0. The van der Waals surface area contributed by atoms with E-state index in [4.69, 9.17) is 5.11 Å². The summed E-state index contributed by atoms with van der Waals surface area (Å²) in [5, 5.41) is 8.63. The summed E-state index contributed by atoms with van der Waals surface area (Å²) >= 11 is 0. The zero-order valence-electron chi connectivity index (χ0n) is 10.6. The Kier molecular flexibility index (Phi) is 9.58. The molecule has 2 nitrogen and oxygen atoms in total. The third kappa shape index (κ3) is 10.5. The minimum atomic E-state index is 0.322. The fraction of sp³-hybridized carbons (Fsp3) is 0.200. The van der Waals surface area contributed by atoms with Gasteiger partial charge in [0.05, 0.1) is 0 Å². The molecule has 2 rings (SSSR count). The molecule has 0 bridgehead atoms. The van der Waals surface area contributed by atoms with E-state index in [0.29, 0.717) is 5.75 Å². The van der Waals surface area contributed by atoms with Gasteiger partial charge in [-0.3, -0.25) is 0 Å². The molecule has 2 heteroatoms. The number of phenols is 1. The molecule has 0 saturated carbocycles. The molecule has 92 valence electrons. The fourth-order valence-electron chi connectivity index (χ4n) is 0.962. The van der Waals surface area contributed by atoms with Crippen LogP contribution in [-0.2, 0) is 4.74 Å². The number of aromatic hydroxyl groups is 1. The number of para-hydroxylation sites is 1. The lowest BCUT2D eigenvalue weighted by Crippen LogP contribution is -1.62. The van der Waals surface area contributed by atoms with E-state index in [1.807, 2.05) is 24.3 Å². The van der Waals surface area contributed by atoms with E-state index in [0.717, 1.165) is 0 Å². The maximum absolute atomic E-state index is 8.63. The third-order valence-corrected chi connectivity index (χ3v) is 1.70. The van der Waals surface area contributed by atoms with Crippen LogP contribution in [0.3, 0.4) is 0 Å². The number of rotatable bonds is 0. The Hall–Kier alpha value is -1.80. The van der Waals surface area contributed by atoms with Crippen LogP contribution in [-0.4, -0.2) is 19.3 Å². The van der Waals surface area contributed by atoms with Crippen LogP contribution >= 0.6 is 0 Å². The molecule has 0 radical (unpaired) electrons. The molecule has 0 aliphatic carbocycles. The van der Waals surface area contributed by atoms with Crippen LogP contribution in [0.25, 0.3) is 0 Å². The van der Waals surface area contributed by atoms with Crippen LogP contribution in [0.5, 0.6) is 5.75 Å². The molecule has 0 fully saturated rings. The largest absolute Gasteiger partial charge is 0.508 e. The summed E-state index contributed by atoms with van der Waals surface area (Å²) in [5.74, 6) is 0.322. The predicted octanol–water partition coefficient (Wildman–Crippen LogP) is 3.65. The Morgan fingerprint density at radius 3 is 1.29 bits per heavy atom. The number of phenolic OH excluding ortho intramolecular Hbond substituents is 1. The molecule has 17 heavy (non-hydrogen) atoms. The van der Waals surface area contributed by atoms with Gasteiger partial charge in [0, 0.05) is 14.2 Å². The Morgan fingerprint density at radius 2 is 1.12 bits per heavy atom. The quantitative estimate of drug-likeness (QED) is 0.751. The topological polar surface area (TPSA) is 29.5 Å². The van der Waals surface area contributed by atoms with Gasteiger partial charge in [-0.05, 0) is 19.1 Å². The second-order valence-electron chi connectivity index (χ2n) is 3.40. The van der Waals surface area contributed by atoms with E-state index in [1.165, 1.54) is 5.56 Å². The van der Waals surface area contributed by atoms with Gasteiger partial charge >= 0.3 is 0 Å². The van der Waals surface area contributed by atoms with Crippen molar-refractivity contribution in [3.8, 4) is 5.75 Å². The molecular formula is C15H20O2. The standard InChI is InChI=1S/C7H8.C6H6O.C2H6O/c1-7-5-3-2-4-6-7;7-6-4-2-1-3-5-6;1-3-2/h2-6H,1H3;1-5,7H;1-2H3. The number of hydrogen-bond donors (Lipinski definition) is 1. The maximum Gasteiger partial charge on any atom is 0.115 e. The Morgan fingerprint density at radius 1 is 0.765 bits per heavy atom. The van der Waals surface area contributed by atoms with Gasteiger partial charge in [0.1, 0.15) is 5.75 Å². The summed E-state index contributed by atoms with van der Waals surface area (Å²) in [5.41, 5.74) is 1.32. The molecule has 0 spiro atoms. The molecule has 0 unspecified atom stereocenters. The van der Waals surface area contributed by atoms with Crippen LogP contribution < -0.4 is 0 Å². The highest BCUT2D eigenvalue weighted by atomic mass is 16.4. The number of hydrogen-bond acceptors (Lipinski definition) is 2. The molecule has 0 aliphatic rings. The first-order valence-corrected chi connectivity index (χ1v) is 5.36. The van der Waals surface area contributed by atoms with Gasteiger partial charge in [-0.1, -0.05) is 54.1 Å². The zero-order valence-corrected chi connectivity index (χ0v) is 10.6. The highest BCUT2D eigenvalue weighted by Gasteiger charge is 1.74. The molecule has 0 aromatic heterocycles. The minimum absolute atomic E-state index is 0.322. The van der Waals surface area contributed by atoms with Crippen molar-refractivity contribution in [2.75, 3.05) is 14.2 Å². The summed E-state index contributed by atoms with van der Waals surface area (Å²) in [6.45, 7) is 2.08. The van der Waals surface area contributed by atoms with Crippen LogP contribution in [0.4, 0.5) is 0 Å². The lowest BCUT2D eigenvalue weighted by molar-refractivity contribution is 0.277. The number of methoxy groups -OCH3 is 1. The Balaban J connectivity index is 0.000000247. The van der Waals surface area contributed by atoms with Gasteiger partial charge in [-0.15, -0.1) is 0 Å². The molecule has 2 aromatic rings. The van der Waals surface area contributed by atoms with Gasteiger partial charge in [-0.2, -0.15) is 0 Å². The average molecular weight is 232 g/mol. The Bertz CT molecular complexity index is 320. The molecule has 0 saturated heterocycles. The van der Waals surface area contributed by atoms with Gasteiger partial charge in [0.15, 0.2) is 0 Å². The second kappa shape index (κ2) is 10.7. The Labute approximate surface area is 104 Å². The number of ether oxygens (including phenoxy) is 1. The summed E-state index contributed by atoms with van der Waals surface area (Å²) < 4.78 is 4.25. The zero-order chi connectivity index (χ0) is 12.9. The molecule has 0 aliphatic heterocycles. The number of aryl methyl sites for hydroxylation is 1. The van der Waals surface area contributed by atoms with Gasteiger partial charge < -0.3 is 9.84 Å². The lowest BCUT2D eigenvalue weighted by Gasteiger charge is -1.82. The van der Waals surface area contributed by atoms with Crippen molar-refractivity contribution in [1.29, 1.82) is 0 Å². The van der Waals surface area contributed by atoms with E-state index >= 15 is 0 Å². The fourth-order valence-corrected chi connectivity index (χ4v) is 0.962. The molecule has 0 atom stereocenters. The van der Waals surface area contributed by atoms with Crippen molar-refractivity contribution in [3.05, 3.63) is 66.2 Å². The monoisotopic (exact) mass is 232 g/mol. The van der Waals surface area contributed by atoms with Crippen LogP contribution in [0.15, 0.2) is 60.7 Å². The van der Waals surface area contributed by atoms with E-state index in [2.05, 4.69) is 23.8 Å². The average Bonchev–Trinajstić information content (AvgIpc) is 2.33. The normalized spacial score (nSPS) is 8.18. The lowest BCUT2D eigenvalue weighted by atomic mass is 10.2. The van der Waals surface area contributed by atoms with E-state index < -0.39 is 0 Å². The third-order valence-electron chi connectivity index (χ3n) is 1.70. The highest BCUT2D eigenvalue weighted by Crippen LogP contribution is 2.02. The van der Waals surface area contributed by atoms with Gasteiger partial charge in [-0.25, -0.2) is 0 Å². The molecule has 0 amide bonds. The SMILES string of the molecule is COC.Cc1ccccc1.Oc1ccccc1. The highest BCUT2D eigenvalue weighted by molar-refractivity contribution is 5.18. The maximum atomic E-state index is 8.63. The van der Waals surface area contributed by atoms with Crippen molar-refractivity contribution in [2.24, 2.45) is 0 Å². The van der Waals surface area contributed by atoms with Crippen molar-refractivity contribution in [3.63, 3.8) is 0 Å². The first-order chi connectivity index (χ1) is 8.20. The van der Waals surface area contributed by atoms with Crippen molar-refractivity contribution in [2.45, 2.75) is 6.92 Å². The van der Waals surface area contributed by atoms with Crippen molar-refractivity contribution < 1.29 is 9.84 Å². The predicted molar refractivity (Wildman–Crippen MR) is 72.2 cm³/mol. The second-order valence-corrected chi connectivity index (χ2v) is 3.40. The first kappa shape index (κ1) is 15.2. The molecule has 1 N–H and O–H groups in total. The van der Waals surface area contributed by atoms with Crippen LogP contribution in [0, 0.1) is 6.92 Å². The molecule has 2 aromatic carbocycles. The van der Waals surface area contributed by atoms with Crippen LogP contribution in [0.1, 0.15) is 5.56 Å². The van der Waals surface area contributed by atoms with Gasteiger partial charge in [0.2, 0.25) is 0 Å². The van der Waals surface area contributed by atoms with Crippen molar-refractivity contribution >= 4 is 0 Å². The van der Waals surface area contributed by atoms with Crippen molar-refractivity contribution in [1.82, 2.24) is 0 Å². The molecule has 0 heterocycles. The number of benzene rings is 2. The summed E-state index contributed by atoms with van der Waals surface area (Å²) in [6.07, 6.45) is 0. The smallest absolute Gasteiger partial charge is 0.115 e. The van der Waals surface area contributed by atoms with E-state index in [-0.39, 0.29) is 0 Å². The van der Waals surface area contributed by atoms with Gasteiger partial charge in [0.25, 0.3) is 0 Å². The summed E-state index contributed by atoms with van der Waals surface area (Å²) in [6, 6.07) is 19.0. The van der Waals surface area contributed by atoms with E-state index in [9.17, 15) is 0 Å².